The molecule has 0 aliphatic carbocycles. The minimum Gasteiger partial charge on any atom is -0.445 e. The van der Waals surface area contributed by atoms with E-state index in [-0.39, 0.29) is 50.3 Å². The first-order valence-corrected chi connectivity index (χ1v) is 24.8. The molecule has 78 heavy (non-hydrogen) atoms. The third-order valence-corrected chi connectivity index (χ3v) is 12.2. The number of halogens is 2. The van der Waals surface area contributed by atoms with Crippen molar-refractivity contribution in [1.29, 1.82) is 0 Å². The minimum absolute atomic E-state index is 0.0649. The van der Waals surface area contributed by atoms with Crippen LogP contribution in [0.25, 0.3) is 11.1 Å². The first-order chi connectivity index (χ1) is 37.0. The number of aliphatic hydroxyl groups excluding tert-OH is 1. The number of nitrogens with zero attached hydrogens (tertiary/aromatic N) is 3. The third kappa shape index (κ3) is 17.9. The molecule has 1 aliphatic heterocycles. The summed E-state index contributed by atoms with van der Waals surface area (Å²) in [7, 11) is 0. The van der Waals surface area contributed by atoms with Crippen LogP contribution >= 0.6 is 0 Å². The van der Waals surface area contributed by atoms with E-state index < -0.39 is 133 Å². The van der Waals surface area contributed by atoms with Crippen molar-refractivity contribution in [1.82, 2.24) is 46.3 Å². The maximum atomic E-state index is 15.4. The number of alkyl carbamates (subject to hydrolysis) is 1. The van der Waals surface area contributed by atoms with E-state index in [2.05, 4.69) is 31.9 Å². The molecule has 24 heteroatoms. The lowest BCUT2D eigenvalue weighted by Crippen LogP contribution is -2.57. The van der Waals surface area contributed by atoms with Gasteiger partial charge in [-0.2, -0.15) is 0 Å². The van der Waals surface area contributed by atoms with Crippen molar-refractivity contribution < 1.29 is 66.6 Å². The van der Waals surface area contributed by atoms with Gasteiger partial charge in [-0.1, -0.05) is 81.4 Å². The molecule has 5 rings (SSSR count). The lowest BCUT2D eigenvalue weighted by molar-refractivity contribution is -0.141. The fourth-order valence-corrected chi connectivity index (χ4v) is 8.34. The summed E-state index contributed by atoms with van der Waals surface area (Å²) in [5.74, 6) is -8.82. The van der Waals surface area contributed by atoms with Gasteiger partial charge in [-0.15, -0.1) is 0 Å². The highest BCUT2D eigenvalue weighted by Crippen LogP contribution is 2.41. The van der Waals surface area contributed by atoms with E-state index in [0.717, 1.165) is 35.9 Å². The first kappa shape index (κ1) is 60.1. The van der Waals surface area contributed by atoms with Gasteiger partial charge in [0.15, 0.2) is 0 Å². The molecule has 0 saturated heterocycles. The highest BCUT2D eigenvalue weighted by Gasteiger charge is 2.38. The molecule has 4 aromatic rings. The van der Waals surface area contributed by atoms with Crippen LogP contribution < -0.4 is 37.6 Å². The average molecular weight is 1080 g/mol. The van der Waals surface area contributed by atoms with Crippen LogP contribution in [0.15, 0.2) is 103 Å². The molecule has 0 bridgehead atoms. The fraction of sp³-hybridized carbons (Fsp3) is 0.370. The number of amides is 10. The molecular formula is C54H64F2N10O12. The van der Waals surface area contributed by atoms with Gasteiger partial charge in [0.1, 0.15) is 56.1 Å². The van der Waals surface area contributed by atoms with Gasteiger partial charge in [0.25, 0.3) is 11.8 Å². The Bertz CT molecular complexity index is 2840. The summed E-state index contributed by atoms with van der Waals surface area (Å²) in [5, 5.41) is 25.2. The predicted octanol–water partition coefficient (Wildman–Crippen LogP) is 1.60. The Morgan fingerprint density at radius 3 is 1.99 bits per heavy atom. The summed E-state index contributed by atoms with van der Waals surface area (Å²) in [5.41, 5.74) is 6.67. The van der Waals surface area contributed by atoms with E-state index >= 15 is 4.39 Å². The molecule has 0 fully saturated rings. The number of ether oxygens (including phenoxy) is 1. The molecule has 0 unspecified atom stereocenters. The maximum absolute atomic E-state index is 15.4. The average Bonchev–Trinajstić information content (AvgIpc) is 3.99. The number of imide groups is 1. The van der Waals surface area contributed by atoms with E-state index in [1.54, 1.807) is 67.9 Å². The Labute approximate surface area is 448 Å². The summed E-state index contributed by atoms with van der Waals surface area (Å²) >= 11 is 0. The van der Waals surface area contributed by atoms with E-state index in [1.165, 1.54) is 11.8 Å². The monoisotopic (exact) mass is 1080 g/mol. The summed E-state index contributed by atoms with van der Waals surface area (Å²) in [6, 6.07) is 17.1. The summed E-state index contributed by atoms with van der Waals surface area (Å²) in [6.07, 6.45) is 1.50. The van der Waals surface area contributed by atoms with Gasteiger partial charge < -0.3 is 56.9 Å². The van der Waals surface area contributed by atoms with Crippen LogP contribution in [0.1, 0.15) is 69.8 Å². The van der Waals surface area contributed by atoms with Crippen LogP contribution in [-0.4, -0.2) is 136 Å². The zero-order chi connectivity index (χ0) is 57.1. The number of primary amides is 1. The van der Waals surface area contributed by atoms with E-state index in [9.17, 15) is 57.4 Å². The molecule has 3 aromatic carbocycles. The number of benzene rings is 3. The number of carbonyl (C=O) groups is 10. The van der Waals surface area contributed by atoms with Gasteiger partial charge in [-0.05, 0) is 60.6 Å². The summed E-state index contributed by atoms with van der Waals surface area (Å²) in [6.45, 7) is 3.74. The van der Waals surface area contributed by atoms with E-state index in [4.69, 9.17) is 10.5 Å². The second kappa shape index (κ2) is 28.4. The summed E-state index contributed by atoms with van der Waals surface area (Å²) in [4.78, 5) is 132. The van der Waals surface area contributed by atoms with Crippen LogP contribution in [0.4, 0.5) is 13.6 Å². The molecule has 2 heterocycles. The van der Waals surface area contributed by atoms with Gasteiger partial charge in [0, 0.05) is 67.8 Å². The second-order valence-corrected chi connectivity index (χ2v) is 19.3. The third-order valence-electron chi connectivity index (χ3n) is 12.2. The molecule has 0 spiro atoms. The minimum atomic E-state index is -1.57. The molecule has 0 radical (unpaired) electrons. The lowest BCUT2D eigenvalue weighted by atomic mass is 9.82. The molecule has 1 aromatic heterocycles. The van der Waals surface area contributed by atoms with Crippen LogP contribution in [0.5, 0.6) is 0 Å². The molecule has 416 valence electrons. The number of aliphatic hydroxyl groups is 1. The Hall–Kier alpha value is -8.80. The van der Waals surface area contributed by atoms with Gasteiger partial charge in [0.05, 0.1) is 6.04 Å². The molecule has 9 N–H and O–H groups in total. The maximum Gasteiger partial charge on any atom is 0.407 e. The Kier molecular flexibility index (Phi) is 21.8. The molecular weight excluding hydrogens is 1020 g/mol. The van der Waals surface area contributed by atoms with Crippen molar-refractivity contribution in [2.24, 2.45) is 11.1 Å². The normalized spacial score (nSPS) is 13.6. The predicted molar refractivity (Wildman–Crippen MR) is 277 cm³/mol. The first-order valence-electron chi connectivity index (χ1n) is 24.8. The zero-order valence-corrected chi connectivity index (χ0v) is 43.5. The molecule has 4 atom stereocenters. The van der Waals surface area contributed by atoms with Crippen molar-refractivity contribution in [3.05, 3.63) is 132 Å². The number of nitrogens with two attached hydrogens (primary N) is 1. The van der Waals surface area contributed by atoms with Crippen LogP contribution in [-0.2, 0) is 61.0 Å². The quantitative estimate of drug-likeness (QED) is 0.0312. The Morgan fingerprint density at radius 1 is 0.744 bits per heavy atom. The van der Waals surface area contributed by atoms with Crippen LogP contribution in [0.2, 0.25) is 0 Å². The Morgan fingerprint density at radius 2 is 1.36 bits per heavy atom. The number of nitrogens with one attached hydrogen (secondary N) is 6. The van der Waals surface area contributed by atoms with Crippen molar-refractivity contribution in [2.45, 2.75) is 84.3 Å². The van der Waals surface area contributed by atoms with Gasteiger partial charge >= 0.3 is 6.09 Å². The van der Waals surface area contributed by atoms with Gasteiger partial charge in [-0.25, -0.2) is 13.6 Å². The number of aromatic nitrogens is 1. The lowest BCUT2D eigenvalue weighted by Gasteiger charge is -2.41. The van der Waals surface area contributed by atoms with E-state index in [0.29, 0.717) is 16.2 Å². The van der Waals surface area contributed by atoms with Crippen molar-refractivity contribution in [3.8, 4) is 11.1 Å². The molecule has 0 saturated carbocycles. The highest BCUT2D eigenvalue weighted by molar-refractivity contribution is 6.14. The SMILES string of the molecule is C[C@H](NC(=O)CNC(=O)OCc1ccccc1)C(=O)N[C@@H](CCC(N)=O)C(=O)N[C@@H](CCN(C(=O)CO)[C@@H](c1cc(-c2cc(F)ccc2F)cn1Cc1ccccc1)C(C)(C)C)C(=O)NCCNC(=O)CN1C(=O)C=CC1=O. The van der Waals surface area contributed by atoms with E-state index in [1.807, 2.05) is 30.3 Å². The van der Waals surface area contributed by atoms with Crippen LogP contribution in [0, 0.1) is 17.0 Å². The van der Waals surface area contributed by atoms with Crippen molar-refractivity contribution in [3.63, 3.8) is 0 Å². The smallest absolute Gasteiger partial charge is 0.407 e. The van der Waals surface area contributed by atoms with Crippen LogP contribution in [0.3, 0.4) is 0 Å². The molecule has 10 amide bonds. The number of hydrogen-bond donors (Lipinski definition) is 8. The molecule has 22 nitrogen and oxygen atoms in total. The van der Waals surface area contributed by atoms with Crippen molar-refractivity contribution >= 4 is 59.3 Å². The highest BCUT2D eigenvalue weighted by atomic mass is 19.1. The topological polar surface area (TPSA) is 310 Å². The number of hydrogen-bond acceptors (Lipinski definition) is 12. The van der Waals surface area contributed by atoms with Gasteiger partial charge in [-0.3, -0.25) is 48.1 Å². The number of rotatable bonds is 27. The Balaban J connectivity index is 1.39. The zero-order valence-electron chi connectivity index (χ0n) is 43.5. The van der Waals surface area contributed by atoms with Gasteiger partial charge in [0.2, 0.25) is 41.4 Å². The number of carbonyl (C=O) groups excluding carboxylic acids is 10. The van der Waals surface area contributed by atoms with Crippen molar-refractivity contribution in [2.75, 3.05) is 39.3 Å². The largest absolute Gasteiger partial charge is 0.445 e. The standard InChI is InChI=1S/C54H64F2N10O12/c1-33(61-44(69)27-60-53(77)78-32-35-13-9-6-10-14-35)50(74)62-40(17-18-43(57)68)52(76)63-41(51(75)59-23-22-58-45(70)30-66-46(71)19-20-47(66)72)21-24-65(48(73)31-67)49(54(2,3)4)42-25-36(38-26-37(55)15-16-39(38)56)29-64(42)28-34-11-7-5-8-12-34/h5-16,19-20,25-26,29,33,40-41,49,67H,17-18,21-24,27-28,30-32H2,1-4H3,(H2,57,68)(H,58,70)(H,59,75)(H,60,77)(H,61,69)(H,62,74)(H,63,76)/t33-,40-,41-,49-/m0/s1. The summed E-state index contributed by atoms with van der Waals surface area (Å²) < 4.78 is 36.9. The molecule has 1 aliphatic rings. The second-order valence-electron chi connectivity index (χ2n) is 19.3. The fourth-order valence-electron chi connectivity index (χ4n) is 8.34.